The maximum atomic E-state index is 11.4. The largest absolute Gasteiger partial charge is 0.457 e. The zero-order valence-corrected chi connectivity index (χ0v) is 11.6. The topological polar surface area (TPSA) is 50.4 Å². The van der Waals surface area contributed by atoms with Gasteiger partial charge in [-0.1, -0.05) is 17.7 Å². The Morgan fingerprint density at radius 1 is 1.00 bits per heavy atom. The summed E-state index contributed by atoms with van der Waals surface area (Å²) in [6.07, 6.45) is 0. The number of hydrogen-bond donors (Lipinski definition) is 2. The molecule has 0 radical (unpaired) electrons. The summed E-state index contributed by atoms with van der Waals surface area (Å²) in [6.45, 7) is 4.50. The fourth-order valence-corrected chi connectivity index (χ4v) is 1.68. The van der Waals surface area contributed by atoms with Crippen LogP contribution in [0.4, 0.5) is 10.5 Å². The van der Waals surface area contributed by atoms with Gasteiger partial charge in [-0.05, 0) is 50.2 Å². The second-order valence-corrected chi connectivity index (χ2v) is 4.42. The van der Waals surface area contributed by atoms with Crippen molar-refractivity contribution in [3.63, 3.8) is 0 Å². The molecule has 2 N–H and O–H groups in total. The van der Waals surface area contributed by atoms with Crippen LogP contribution >= 0.6 is 0 Å². The first-order valence-electron chi connectivity index (χ1n) is 6.57. The minimum absolute atomic E-state index is 0.209. The number of urea groups is 1. The Bertz CT molecular complexity index is 562. The summed E-state index contributed by atoms with van der Waals surface area (Å²) in [4.78, 5) is 11.4. The lowest BCUT2D eigenvalue weighted by atomic mass is 10.2. The second-order valence-electron chi connectivity index (χ2n) is 4.42. The van der Waals surface area contributed by atoms with Crippen molar-refractivity contribution in [1.82, 2.24) is 5.32 Å². The Hall–Kier alpha value is -2.49. The summed E-state index contributed by atoms with van der Waals surface area (Å²) in [5, 5.41) is 5.41. The number of anilines is 1. The maximum absolute atomic E-state index is 11.4. The molecular weight excluding hydrogens is 252 g/mol. The molecule has 104 valence electrons. The first-order chi connectivity index (χ1) is 9.67. The third-order valence-electron chi connectivity index (χ3n) is 2.71. The van der Waals surface area contributed by atoms with Crippen molar-refractivity contribution < 1.29 is 9.53 Å². The van der Waals surface area contributed by atoms with Gasteiger partial charge in [0.25, 0.3) is 0 Å². The lowest BCUT2D eigenvalue weighted by Gasteiger charge is -2.08. The second kappa shape index (κ2) is 6.61. The number of amides is 2. The molecule has 2 rings (SSSR count). The minimum atomic E-state index is -0.209. The van der Waals surface area contributed by atoms with Gasteiger partial charge in [-0.2, -0.15) is 0 Å². The number of ether oxygens (including phenoxy) is 1. The van der Waals surface area contributed by atoms with Gasteiger partial charge in [-0.3, -0.25) is 0 Å². The average Bonchev–Trinajstić information content (AvgIpc) is 2.44. The highest BCUT2D eigenvalue weighted by Crippen LogP contribution is 2.23. The van der Waals surface area contributed by atoms with Crippen LogP contribution in [0.25, 0.3) is 0 Å². The molecule has 0 saturated carbocycles. The van der Waals surface area contributed by atoms with Crippen LogP contribution in [0.1, 0.15) is 12.5 Å². The molecule has 2 aromatic rings. The molecule has 0 aliphatic heterocycles. The van der Waals surface area contributed by atoms with Crippen LogP contribution in [0.3, 0.4) is 0 Å². The van der Waals surface area contributed by atoms with Gasteiger partial charge in [0, 0.05) is 12.2 Å². The van der Waals surface area contributed by atoms with Gasteiger partial charge >= 0.3 is 6.03 Å². The highest BCUT2D eigenvalue weighted by molar-refractivity contribution is 5.89. The Balaban J connectivity index is 1.97. The zero-order valence-electron chi connectivity index (χ0n) is 11.6. The Morgan fingerprint density at radius 2 is 1.55 bits per heavy atom. The molecule has 0 saturated heterocycles. The normalized spacial score (nSPS) is 9.90. The number of hydrogen-bond acceptors (Lipinski definition) is 2. The zero-order chi connectivity index (χ0) is 14.4. The molecular formula is C16H18N2O2. The van der Waals surface area contributed by atoms with E-state index in [4.69, 9.17) is 4.74 Å². The van der Waals surface area contributed by atoms with Crippen LogP contribution in [0.5, 0.6) is 11.5 Å². The van der Waals surface area contributed by atoms with E-state index in [1.807, 2.05) is 50.2 Å². The van der Waals surface area contributed by atoms with Crippen molar-refractivity contribution in [2.24, 2.45) is 0 Å². The third kappa shape index (κ3) is 4.02. The number of benzene rings is 2. The predicted molar refractivity (Wildman–Crippen MR) is 80.4 cm³/mol. The average molecular weight is 270 g/mol. The van der Waals surface area contributed by atoms with Crippen LogP contribution in [0, 0.1) is 6.92 Å². The molecule has 0 fully saturated rings. The van der Waals surface area contributed by atoms with E-state index >= 15 is 0 Å². The lowest BCUT2D eigenvalue weighted by molar-refractivity contribution is 0.252. The number of rotatable bonds is 4. The summed E-state index contributed by atoms with van der Waals surface area (Å²) >= 11 is 0. The number of nitrogens with one attached hydrogen (secondary N) is 2. The van der Waals surface area contributed by atoms with Crippen molar-refractivity contribution in [1.29, 1.82) is 0 Å². The fraction of sp³-hybridized carbons (Fsp3) is 0.188. The third-order valence-corrected chi connectivity index (χ3v) is 2.71. The van der Waals surface area contributed by atoms with Crippen molar-refractivity contribution >= 4 is 11.7 Å². The first kappa shape index (κ1) is 13.9. The Kier molecular flexibility index (Phi) is 4.60. The van der Waals surface area contributed by atoms with Crippen molar-refractivity contribution in [2.45, 2.75) is 13.8 Å². The van der Waals surface area contributed by atoms with Gasteiger partial charge in [0.15, 0.2) is 0 Å². The van der Waals surface area contributed by atoms with E-state index in [9.17, 15) is 4.79 Å². The molecule has 2 amide bonds. The van der Waals surface area contributed by atoms with Crippen LogP contribution < -0.4 is 15.4 Å². The van der Waals surface area contributed by atoms with Crippen LogP contribution in [0.2, 0.25) is 0 Å². The van der Waals surface area contributed by atoms with E-state index in [0.29, 0.717) is 6.54 Å². The Morgan fingerprint density at radius 3 is 2.10 bits per heavy atom. The van der Waals surface area contributed by atoms with Crippen LogP contribution in [-0.4, -0.2) is 12.6 Å². The number of carbonyl (C=O) groups is 1. The molecule has 0 aliphatic carbocycles. The maximum Gasteiger partial charge on any atom is 0.319 e. The molecule has 4 nitrogen and oxygen atoms in total. The summed E-state index contributed by atoms with van der Waals surface area (Å²) in [7, 11) is 0. The molecule has 0 spiro atoms. The van der Waals surface area contributed by atoms with Crippen molar-refractivity contribution in [3.8, 4) is 11.5 Å². The molecule has 4 heteroatoms. The van der Waals surface area contributed by atoms with Crippen LogP contribution in [0.15, 0.2) is 48.5 Å². The molecule has 2 aromatic carbocycles. The summed E-state index contributed by atoms with van der Waals surface area (Å²) < 4.78 is 5.71. The number of carbonyl (C=O) groups excluding carboxylic acids is 1. The van der Waals surface area contributed by atoms with E-state index in [0.717, 1.165) is 17.2 Å². The summed E-state index contributed by atoms with van der Waals surface area (Å²) in [5.41, 5.74) is 1.92. The summed E-state index contributed by atoms with van der Waals surface area (Å²) in [5.74, 6) is 1.52. The Labute approximate surface area is 118 Å². The summed E-state index contributed by atoms with van der Waals surface area (Å²) in [6, 6.07) is 14.9. The molecule has 20 heavy (non-hydrogen) atoms. The van der Waals surface area contributed by atoms with Crippen molar-refractivity contribution in [3.05, 3.63) is 54.1 Å². The standard InChI is InChI=1S/C16H18N2O2/c1-3-17-16(19)18-13-6-10-15(11-7-13)20-14-8-4-12(2)5-9-14/h4-11H,3H2,1-2H3,(H2,17,18,19). The van der Waals surface area contributed by atoms with E-state index in [2.05, 4.69) is 10.6 Å². The first-order valence-corrected chi connectivity index (χ1v) is 6.57. The molecule has 0 heterocycles. The van der Waals surface area contributed by atoms with Crippen molar-refractivity contribution in [2.75, 3.05) is 11.9 Å². The smallest absolute Gasteiger partial charge is 0.319 e. The molecule has 0 aliphatic rings. The van der Waals surface area contributed by atoms with Gasteiger partial charge in [-0.25, -0.2) is 4.79 Å². The van der Waals surface area contributed by atoms with Gasteiger partial charge in [0.1, 0.15) is 11.5 Å². The van der Waals surface area contributed by atoms with Gasteiger partial charge in [-0.15, -0.1) is 0 Å². The SMILES string of the molecule is CCNC(=O)Nc1ccc(Oc2ccc(C)cc2)cc1. The highest BCUT2D eigenvalue weighted by atomic mass is 16.5. The quantitative estimate of drug-likeness (QED) is 0.884. The van der Waals surface area contributed by atoms with E-state index in [-0.39, 0.29) is 6.03 Å². The van der Waals surface area contributed by atoms with E-state index in [1.54, 1.807) is 12.1 Å². The van der Waals surface area contributed by atoms with Gasteiger partial charge < -0.3 is 15.4 Å². The lowest BCUT2D eigenvalue weighted by Crippen LogP contribution is -2.28. The van der Waals surface area contributed by atoms with E-state index in [1.165, 1.54) is 5.56 Å². The molecule has 0 aromatic heterocycles. The molecule has 0 unspecified atom stereocenters. The molecule has 0 atom stereocenters. The van der Waals surface area contributed by atoms with Crippen LogP contribution in [-0.2, 0) is 0 Å². The highest BCUT2D eigenvalue weighted by Gasteiger charge is 2.01. The van der Waals surface area contributed by atoms with E-state index < -0.39 is 0 Å². The fourth-order valence-electron chi connectivity index (χ4n) is 1.68. The predicted octanol–water partition coefficient (Wildman–Crippen LogP) is 3.93. The minimum Gasteiger partial charge on any atom is -0.457 e. The monoisotopic (exact) mass is 270 g/mol. The molecule has 0 bridgehead atoms. The van der Waals surface area contributed by atoms with Gasteiger partial charge in [0.2, 0.25) is 0 Å². The number of aryl methyl sites for hydroxylation is 1. The van der Waals surface area contributed by atoms with Gasteiger partial charge in [0.05, 0.1) is 0 Å².